The van der Waals surface area contributed by atoms with E-state index in [-0.39, 0.29) is 11.9 Å². The van der Waals surface area contributed by atoms with Crippen molar-refractivity contribution >= 4 is 11.8 Å². The van der Waals surface area contributed by atoms with Gasteiger partial charge in [-0.2, -0.15) is 8.78 Å². The van der Waals surface area contributed by atoms with Gasteiger partial charge in [0.15, 0.2) is 0 Å². The average Bonchev–Trinajstić information content (AvgIpc) is 2.83. The van der Waals surface area contributed by atoms with Crippen molar-refractivity contribution in [3.8, 4) is 0 Å². The molecule has 1 aromatic heterocycles. The maximum atomic E-state index is 12.0. The summed E-state index contributed by atoms with van der Waals surface area (Å²) >= 11 is 0.553. The largest absolute Gasteiger partial charge is 0.464 e. The minimum absolute atomic E-state index is 0.0196. The Morgan fingerprint density at radius 2 is 2.05 bits per heavy atom. The molecule has 0 aliphatic heterocycles. The second-order valence-corrected chi connectivity index (χ2v) is 4.86. The fourth-order valence-electron chi connectivity index (χ4n) is 1.49. The lowest BCUT2D eigenvalue weighted by atomic mass is 10.3. The second-order valence-electron chi connectivity index (χ2n) is 3.88. The first-order valence-electron chi connectivity index (χ1n) is 5.85. The molecule has 0 aliphatic carbocycles. The van der Waals surface area contributed by atoms with E-state index >= 15 is 0 Å². The summed E-state index contributed by atoms with van der Waals surface area (Å²) in [6.07, 6.45) is -0.0196. The molecule has 0 spiro atoms. The predicted molar refractivity (Wildman–Crippen MR) is 70.4 cm³/mol. The molecule has 1 atom stereocenters. The highest BCUT2D eigenvalue weighted by atomic mass is 32.2. The number of hydrogen-bond acceptors (Lipinski definition) is 5. The van der Waals surface area contributed by atoms with Crippen LogP contribution < -0.4 is 5.32 Å². The number of furan rings is 1. The molecule has 0 fully saturated rings. The molecule has 0 saturated heterocycles. The van der Waals surface area contributed by atoms with Crippen LogP contribution in [0.1, 0.15) is 11.5 Å². The third-order valence-electron chi connectivity index (χ3n) is 2.43. The number of hydrogen-bond donors (Lipinski definition) is 1. The number of alkyl halides is 2. The van der Waals surface area contributed by atoms with Gasteiger partial charge in [0.05, 0.1) is 25.0 Å². The van der Waals surface area contributed by atoms with E-state index in [9.17, 15) is 8.78 Å². The van der Waals surface area contributed by atoms with Gasteiger partial charge in [-0.15, -0.1) is 0 Å². The van der Waals surface area contributed by atoms with Crippen molar-refractivity contribution in [1.82, 2.24) is 5.32 Å². The minimum Gasteiger partial charge on any atom is -0.464 e. The minimum atomic E-state index is -2.37. The maximum Gasteiger partial charge on any atom is 0.284 e. The lowest BCUT2D eigenvalue weighted by Gasteiger charge is -2.14. The molecule has 1 N–H and O–H groups in total. The summed E-state index contributed by atoms with van der Waals surface area (Å²) in [6, 6.07) is 3.50. The smallest absolute Gasteiger partial charge is 0.284 e. The Morgan fingerprint density at radius 1 is 1.32 bits per heavy atom. The molecule has 1 heterocycles. The highest BCUT2D eigenvalue weighted by Crippen LogP contribution is 2.21. The van der Waals surface area contributed by atoms with Gasteiger partial charge in [0.25, 0.3) is 5.76 Å². The zero-order valence-corrected chi connectivity index (χ0v) is 11.8. The SMILES string of the molecule is COCC(CNCc1ccc(CSC(F)F)o1)OC. The number of methoxy groups -OCH3 is 2. The molecule has 1 rings (SSSR count). The van der Waals surface area contributed by atoms with E-state index < -0.39 is 5.76 Å². The van der Waals surface area contributed by atoms with Crippen LogP contribution in [-0.4, -0.2) is 39.2 Å². The van der Waals surface area contributed by atoms with Gasteiger partial charge < -0.3 is 19.2 Å². The molecular formula is C12H19F2NO3S. The fraction of sp³-hybridized carbons (Fsp3) is 0.667. The molecule has 0 saturated carbocycles. The monoisotopic (exact) mass is 295 g/mol. The molecule has 0 aliphatic rings. The van der Waals surface area contributed by atoms with Crippen LogP contribution >= 0.6 is 11.8 Å². The van der Waals surface area contributed by atoms with Gasteiger partial charge in [0, 0.05) is 20.8 Å². The number of rotatable bonds is 10. The van der Waals surface area contributed by atoms with Gasteiger partial charge in [-0.25, -0.2) is 0 Å². The average molecular weight is 295 g/mol. The van der Waals surface area contributed by atoms with Crippen molar-refractivity contribution in [1.29, 1.82) is 0 Å². The van der Waals surface area contributed by atoms with Crippen LogP contribution in [-0.2, 0) is 21.8 Å². The van der Waals surface area contributed by atoms with Gasteiger partial charge in [0.2, 0.25) is 0 Å². The number of thioether (sulfide) groups is 1. The summed E-state index contributed by atoms with van der Waals surface area (Å²) in [6.45, 7) is 1.67. The molecule has 110 valence electrons. The Kier molecular flexibility index (Phi) is 8.04. The van der Waals surface area contributed by atoms with E-state index in [1.807, 2.05) is 0 Å². The first-order chi connectivity index (χ1) is 9.15. The number of halogens is 2. The van der Waals surface area contributed by atoms with Gasteiger partial charge >= 0.3 is 0 Å². The lowest BCUT2D eigenvalue weighted by Crippen LogP contribution is -2.31. The highest BCUT2D eigenvalue weighted by molar-refractivity contribution is 7.98. The fourth-order valence-corrected chi connectivity index (χ4v) is 1.94. The molecule has 1 unspecified atom stereocenters. The molecule has 1 aromatic rings. The second kappa shape index (κ2) is 9.30. The zero-order valence-electron chi connectivity index (χ0n) is 11.0. The van der Waals surface area contributed by atoms with Crippen LogP contribution in [0.3, 0.4) is 0 Å². The van der Waals surface area contributed by atoms with Crippen LogP contribution in [0.5, 0.6) is 0 Å². The Balaban J connectivity index is 2.25. The summed E-state index contributed by atoms with van der Waals surface area (Å²) in [5.41, 5.74) is 0. The van der Waals surface area contributed by atoms with Gasteiger partial charge in [-0.1, -0.05) is 11.8 Å². The summed E-state index contributed by atoms with van der Waals surface area (Å²) < 4.78 is 39.6. The van der Waals surface area contributed by atoms with E-state index in [4.69, 9.17) is 13.9 Å². The van der Waals surface area contributed by atoms with E-state index in [0.717, 1.165) is 5.76 Å². The Hall–Kier alpha value is -0.630. The van der Waals surface area contributed by atoms with Crippen LogP contribution in [0, 0.1) is 0 Å². The molecule has 19 heavy (non-hydrogen) atoms. The number of nitrogens with one attached hydrogen (secondary N) is 1. The van der Waals surface area contributed by atoms with Crippen LogP contribution in [0.2, 0.25) is 0 Å². The van der Waals surface area contributed by atoms with Crippen LogP contribution in [0.25, 0.3) is 0 Å². The lowest BCUT2D eigenvalue weighted by molar-refractivity contribution is 0.0285. The van der Waals surface area contributed by atoms with Gasteiger partial charge in [-0.3, -0.25) is 0 Å². The maximum absolute atomic E-state index is 12.0. The molecule has 7 heteroatoms. The summed E-state index contributed by atoms with van der Waals surface area (Å²) in [4.78, 5) is 0. The summed E-state index contributed by atoms with van der Waals surface area (Å²) in [7, 11) is 3.24. The third kappa shape index (κ3) is 6.91. The van der Waals surface area contributed by atoms with E-state index in [0.29, 0.717) is 37.2 Å². The topological polar surface area (TPSA) is 43.6 Å². The van der Waals surface area contributed by atoms with Crippen molar-refractivity contribution in [2.24, 2.45) is 0 Å². The third-order valence-corrected chi connectivity index (χ3v) is 3.13. The van der Waals surface area contributed by atoms with E-state index in [1.165, 1.54) is 0 Å². The highest BCUT2D eigenvalue weighted by Gasteiger charge is 2.09. The molecular weight excluding hydrogens is 276 g/mol. The number of ether oxygens (including phenoxy) is 2. The first-order valence-corrected chi connectivity index (χ1v) is 6.90. The predicted octanol–water partition coefficient (Wildman–Crippen LogP) is 2.49. The Labute approximate surface area is 115 Å². The summed E-state index contributed by atoms with van der Waals surface area (Å²) in [5.74, 6) is -0.912. The molecule has 0 aromatic carbocycles. The standard InChI is InChI=1S/C12H19F2NO3S/c1-16-7-11(17-2)6-15-5-9-3-4-10(18-9)8-19-12(13)14/h3-4,11-12,15H,5-8H2,1-2H3. The molecule has 0 amide bonds. The van der Waals surface area contributed by atoms with Crippen molar-refractivity contribution in [2.45, 2.75) is 24.2 Å². The molecule has 4 nitrogen and oxygen atoms in total. The van der Waals surface area contributed by atoms with Crippen molar-refractivity contribution in [2.75, 3.05) is 27.4 Å². The Bertz CT molecular complexity index is 349. The van der Waals surface area contributed by atoms with Crippen LogP contribution in [0.4, 0.5) is 8.78 Å². The van der Waals surface area contributed by atoms with Gasteiger partial charge in [-0.05, 0) is 12.1 Å². The van der Waals surface area contributed by atoms with E-state index in [1.54, 1.807) is 26.4 Å². The summed E-state index contributed by atoms with van der Waals surface area (Å²) in [5, 5.41) is 3.16. The molecule has 0 radical (unpaired) electrons. The zero-order chi connectivity index (χ0) is 14.1. The van der Waals surface area contributed by atoms with Gasteiger partial charge in [0.1, 0.15) is 11.5 Å². The normalized spacial score (nSPS) is 13.1. The van der Waals surface area contributed by atoms with E-state index in [2.05, 4.69) is 5.32 Å². The Morgan fingerprint density at radius 3 is 2.68 bits per heavy atom. The van der Waals surface area contributed by atoms with Crippen molar-refractivity contribution in [3.05, 3.63) is 23.7 Å². The molecule has 0 bridgehead atoms. The van der Waals surface area contributed by atoms with Crippen molar-refractivity contribution < 1.29 is 22.7 Å². The van der Waals surface area contributed by atoms with Crippen molar-refractivity contribution in [3.63, 3.8) is 0 Å². The first kappa shape index (κ1) is 16.4. The quantitative estimate of drug-likeness (QED) is 0.718. The van der Waals surface area contributed by atoms with Crippen LogP contribution in [0.15, 0.2) is 16.5 Å².